The molecule has 2 fully saturated rings. The zero-order chi connectivity index (χ0) is 27.1. The molecule has 4 rings (SSSR count). The van der Waals surface area contributed by atoms with Crippen molar-refractivity contribution in [2.24, 2.45) is 29.1 Å². The summed E-state index contributed by atoms with van der Waals surface area (Å²) < 4.78 is 5.81. The van der Waals surface area contributed by atoms with Gasteiger partial charge in [-0.05, 0) is 49.0 Å². The van der Waals surface area contributed by atoms with Gasteiger partial charge >= 0.3 is 5.97 Å². The van der Waals surface area contributed by atoms with E-state index < -0.39 is 46.9 Å². The number of allylic oxidation sites excluding steroid dienone is 1. The Morgan fingerprint density at radius 3 is 2.51 bits per heavy atom. The molecule has 1 spiro atoms. The highest BCUT2D eigenvalue weighted by atomic mass is 16.5. The Kier molecular flexibility index (Phi) is 7.32. The summed E-state index contributed by atoms with van der Waals surface area (Å²) in [5.74, 6) is -3.26. The number of nitrogens with one attached hydrogen (secondary N) is 1. The van der Waals surface area contributed by atoms with Crippen LogP contribution in [0, 0.1) is 29.1 Å². The van der Waals surface area contributed by atoms with Crippen LogP contribution >= 0.6 is 0 Å². The fourth-order valence-corrected chi connectivity index (χ4v) is 6.68. The number of ketones is 1. The van der Waals surface area contributed by atoms with Gasteiger partial charge in [-0.25, -0.2) is 0 Å². The van der Waals surface area contributed by atoms with Crippen molar-refractivity contribution in [1.82, 2.24) is 5.32 Å². The monoisotopic (exact) mass is 507 g/mol. The molecule has 1 aliphatic heterocycles. The number of Topliss-reactive ketones (excluding diaryl/α,β-unsaturated/α-hetero) is 1. The fraction of sp³-hybridized carbons (Fsp3) is 0.500. The lowest BCUT2D eigenvalue weighted by Crippen LogP contribution is -2.60. The lowest BCUT2D eigenvalue weighted by molar-refractivity contribution is -0.166. The van der Waals surface area contributed by atoms with Crippen molar-refractivity contribution >= 4 is 17.7 Å². The van der Waals surface area contributed by atoms with Crippen molar-refractivity contribution in [3.05, 3.63) is 72.4 Å². The van der Waals surface area contributed by atoms with E-state index in [1.807, 2.05) is 37.3 Å². The fourth-order valence-electron chi connectivity index (χ4n) is 6.68. The molecule has 9 atom stereocenters. The molecule has 1 amide bonds. The molecule has 3 N–H and O–H groups in total. The van der Waals surface area contributed by atoms with Crippen LogP contribution in [0.4, 0.5) is 0 Å². The molecule has 0 radical (unpaired) electrons. The largest absolute Gasteiger partial charge is 0.457 e. The van der Waals surface area contributed by atoms with E-state index in [9.17, 15) is 24.6 Å². The first-order valence-electron chi connectivity index (χ1n) is 12.9. The number of rotatable bonds is 3. The number of aliphatic hydroxyl groups is 2. The van der Waals surface area contributed by atoms with Gasteiger partial charge in [-0.3, -0.25) is 14.4 Å². The second-order valence-electron chi connectivity index (χ2n) is 11.0. The number of benzene rings is 1. The normalized spacial score (nSPS) is 40.7. The predicted molar refractivity (Wildman–Crippen MR) is 139 cm³/mol. The Labute approximate surface area is 218 Å². The van der Waals surface area contributed by atoms with Crippen molar-refractivity contribution < 1.29 is 29.3 Å². The van der Waals surface area contributed by atoms with Gasteiger partial charge in [-0.2, -0.15) is 0 Å². The molecule has 1 saturated carbocycles. The minimum absolute atomic E-state index is 0.287. The number of amides is 1. The SMILES string of the molecule is C=C1[C@@H](C)[C@H]2[C@H](Cc3ccccc3)NC(=O)[C@]23[C@H](OC(C)=O)/C=C\[C@@](C)(O)C(=O)[C@@H](C)CC=C[C@H]3[C@@H]1O. The Morgan fingerprint density at radius 2 is 1.86 bits per heavy atom. The second kappa shape index (κ2) is 10.0. The van der Waals surface area contributed by atoms with E-state index >= 15 is 0 Å². The zero-order valence-electron chi connectivity index (χ0n) is 21.9. The summed E-state index contributed by atoms with van der Waals surface area (Å²) in [7, 11) is 0. The minimum Gasteiger partial charge on any atom is -0.457 e. The maximum Gasteiger partial charge on any atom is 0.303 e. The zero-order valence-corrected chi connectivity index (χ0v) is 21.9. The highest BCUT2D eigenvalue weighted by Gasteiger charge is 2.68. The average molecular weight is 508 g/mol. The summed E-state index contributed by atoms with van der Waals surface area (Å²) in [5.41, 5.74) is -1.55. The third-order valence-corrected chi connectivity index (χ3v) is 8.53. The van der Waals surface area contributed by atoms with E-state index in [0.717, 1.165) is 5.56 Å². The first-order valence-corrected chi connectivity index (χ1v) is 12.9. The van der Waals surface area contributed by atoms with Crippen LogP contribution in [0.3, 0.4) is 0 Å². The van der Waals surface area contributed by atoms with Crippen LogP contribution in [-0.4, -0.2) is 51.7 Å². The number of aliphatic hydroxyl groups excluding tert-OH is 1. The van der Waals surface area contributed by atoms with Gasteiger partial charge in [-0.15, -0.1) is 0 Å². The topological polar surface area (TPSA) is 113 Å². The molecule has 198 valence electrons. The molecule has 37 heavy (non-hydrogen) atoms. The molecule has 1 saturated heterocycles. The van der Waals surface area contributed by atoms with E-state index in [2.05, 4.69) is 11.9 Å². The average Bonchev–Trinajstić information content (AvgIpc) is 3.13. The molecule has 7 nitrogen and oxygen atoms in total. The number of esters is 1. The predicted octanol–water partition coefficient (Wildman–Crippen LogP) is 2.92. The quantitative estimate of drug-likeness (QED) is 0.428. The highest BCUT2D eigenvalue weighted by Crippen LogP contribution is 2.58. The molecule has 0 aromatic heterocycles. The van der Waals surface area contributed by atoms with Gasteiger partial charge in [0.15, 0.2) is 5.78 Å². The number of hydrogen-bond acceptors (Lipinski definition) is 6. The van der Waals surface area contributed by atoms with Crippen LogP contribution in [0.2, 0.25) is 0 Å². The molecule has 7 heteroatoms. The minimum atomic E-state index is -1.82. The van der Waals surface area contributed by atoms with Crippen molar-refractivity contribution in [3.63, 3.8) is 0 Å². The summed E-state index contributed by atoms with van der Waals surface area (Å²) >= 11 is 0. The van der Waals surface area contributed by atoms with Gasteiger partial charge < -0.3 is 20.3 Å². The summed E-state index contributed by atoms with van der Waals surface area (Å²) in [6.07, 6.45) is 5.01. The molecule has 0 unspecified atom stereocenters. The molecule has 1 heterocycles. The third kappa shape index (κ3) is 4.59. The summed E-state index contributed by atoms with van der Waals surface area (Å²) in [6.45, 7) is 10.5. The molecular weight excluding hydrogens is 470 g/mol. The Hall–Kier alpha value is -3.03. The van der Waals surface area contributed by atoms with Gasteiger partial charge in [0.05, 0.1) is 6.10 Å². The summed E-state index contributed by atoms with van der Waals surface area (Å²) in [5, 5.41) is 25.7. The number of carbonyl (C=O) groups is 3. The Balaban J connectivity index is 1.94. The van der Waals surface area contributed by atoms with Crippen LogP contribution in [0.25, 0.3) is 0 Å². The van der Waals surface area contributed by atoms with Crippen LogP contribution < -0.4 is 5.32 Å². The summed E-state index contributed by atoms with van der Waals surface area (Å²) in [4.78, 5) is 39.5. The van der Waals surface area contributed by atoms with Crippen LogP contribution in [0.1, 0.15) is 39.7 Å². The highest BCUT2D eigenvalue weighted by molar-refractivity contribution is 5.91. The first-order chi connectivity index (χ1) is 17.4. The second-order valence-corrected chi connectivity index (χ2v) is 11.0. The van der Waals surface area contributed by atoms with E-state index in [4.69, 9.17) is 4.74 Å². The smallest absolute Gasteiger partial charge is 0.303 e. The van der Waals surface area contributed by atoms with E-state index in [1.54, 1.807) is 19.1 Å². The molecule has 0 bridgehead atoms. The van der Waals surface area contributed by atoms with Crippen molar-refractivity contribution in [1.29, 1.82) is 0 Å². The van der Waals surface area contributed by atoms with Gasteiger partial charge in [0, 0.05) is 30.7 Å². The molecule has 2 aliphatic carbocycles. The number of carbonyl (C=O) groups excluding carboxylic acids is 3. The van der Waals surface area contributed by atoms with Crippen molar-refractivity contribution in [2.45, 2.75) is 64.4 Å². The molecule has 3 aliphatic rings. The van der Waals surface area contributed by atoms with Gasteiger partial charge in [-0.1, -0.05) is 62.9 Å². The van der Waals surface area contributed by atoms with Crippen molar-refractivity contribution in [3.8, 4) is 0 Å². The maximum absolute atomic E-state index is 14.2. The molecule has 1 aromatic rings. The van der Waals surface area contributed by atoms with Crippen LogP contribution in [0.5, 0.6) is 0 Å². The van der Waals surface area contributed by atoms with Crippen LogP contribution in [0.15, 0.2) is 66.8 Å². The van der Waals surface area contributed by atoms with Gasteiger partial charge in [0.1, 0.15) is 17.1 Å². The van der Waals surface area contributed by atoms with Gasteiger partial charge in [0.2, 0.25) is 5.91 Å². The van der Waals surface area contributed by atoms with E-state index in [-0.39, 0.29) is 23.7 Å². The number of hydrogen-bond donors (Lipinski definition) is 3. The van der Waals surface area contributed by atoms with Crippen molar-refractivity contribution in [2.75, 3.05) is 0 Å². The number of ether oxygens (including phenoxy) is 1. The Morgan fingerprint density at radius 1 is 1.19 bits per heavy atom. The van der Waals surface area contributed by atoms with Gasteiger partial charge in [0.25, 0.3) is 0 Å². The first kappa shape index (κ1) is 27.0. The molecular formula is C30H37NO6. The lowest BCUT2D eigenvalue weighted by atomic mass is 9.51. The van der Waals surface area contributed by atoms with Crippen LogP contribution in [-0.2, 0) is 25.5 Å². The van der Waals surface area contributed by atoms with E-state index in [1.165, 1.54) is 26.0 Å². The third-order valence-electron chi connectivity index (χ3n) is 8.53. The Bertz CT molecular complexity index is 1140. The van der Waals surface area contributed by atoms with E-state index in [0.29, 0.717) is 18.4 Å². The molecule has 1 aromatic carbocycles. The maximum atomic E-state index is 14.2. The standard InChI is InChI=1S/C30H37NO6/c1-17-10-9-13-22-26(33)19(3)18(2)25-23(16-21-11-7-6-8-12-21)31-28(35)30(22,25)24(37-20(4)32)14-15-29(5,36)27(17)34/h6-9,11-15,17-18,22-26,33,36H,3,10,16H2,1-2,4-5H3,(H,31,35)/b13-9?,15-14-/t17-,18+,22-,23-,24+,25-,26+,29+,30+/m0/s1. The lowest BCUT2D eigenvalue weighted by Gasteiger charge is -2.52. The summed E-state index contributed by atoms with van der Waals surface area (Å²) in [6, 6.07) is 9.49.